The average Bonchev–Trinajstić information content (AvgIpc) is 2.44. The summed E-state index contributed by atoms with van der Waals surface area (Å²) in [6, 6.07) is 0. The van der Waals surface area contributed by atoms with Crippen LogP contribution in [0.1, 0.15) is 33.6 Å². The zero-order valence-electron chi connectivity index (χ0n) is 13.9. The van der Waals surface area contributed by atoms with E-state index in [2.05, 4.69) is 43.1 Å². The highest BCUT2D eigenvalue weighted by molar-refractivity contribution is 5.02. The smallest absolute Gasteiger partial charge is 0.0791 e. The first kappa shape index (κ1) is 18.4. The van der Waals surface area contributed by atoms with Crippen molar-refractivity contribution in [2.24, 2.45) is 0 Å². The molecule has 1 fully saturated rings. The summed E-state index contributed by atoms with van der Waals surface area (Å²) in [6.07, 6.45) is 6.42. The third-order valence-corrected chi connectivity index (χ3v) is 3.64. The number of aliphatic hydroxyl groups excluding tert-OH is 1. The van der Waals surface area contributed by atoms with E-state index in [4.69, 9.17) is 4.74 Å². The Balaban J connectivity index is 2.07. The number of aliphatic hydroxyl groups is 1. The van der Waals surface area contributed by atoms with Gasteiger partial charge >= 0.3 is 0 Å². The van der Waals surface area contributed by atoms with Crippen LogP contribution in [0.25, 0.3) is 0 Å². The van der Waals surface area contributed by atoms with Crippen LogP contribution in [0, 0.1) is 0 Å². The summed E-state index contributed by atoms with van der Waals surface area (Å²) in [7, 11) is 0. The Morgan fingerprint density at radius 1 is 1.24 bits per heavy atom. The normalized spacial score (nSPS) is 18.6. The van der Waals surface area contributed by atoms with Crippen molar-refractivity contribution in [3.05, 3.63) is 23.3 Å². The number of allylic oxidation sites excluding steroid dienone is 3. The van der Waals surface area contributed by atoms with E-state index in [-0.39, 0.29) is 6.10 Å². The highest BCUT2D eigenvalue weighted by Crippen LogP contribution is 2.05. The van der Waals surface area contributed by atoms with Gasteiger partial charge in [0, 0.05) is 32.7 Å². The predicted molar refractivity (Wildman–Crippen MR) is 88.6 cm³/mol. The Kier molecular flexibility index (Phi) is 9.59. The highest BCUT2D eigenvalue weighted by Gasteiger charge is 2.14. The summed E-state index contributed by atoms with van der Waals surface area (Å²) < 4.78 is 5.30. The lowest BCUT2D eigenvalue weighted by Crippen LogP contribution is -2.43. The molecule has 122 valence electrons. The van der Waals surface area contributed by atoms with E-state index in [0.29, 0.717) is 6.54 Å². The molecule has 4 nitrogen and oxygen atoms in total. The minimum absolute atomic E-state index is 0.303. The first-order valence-corrected chi connectivity index (χ1v) is 8.06. The van der Waals surface area contributed by atoms with Gasteiger partial charge in [0.05, 0.1) is 19.3 Å². The number of nitrogens with zero attached hydrogens (tertiary/aromatic N) is 1. The van der Waals surface area contributed by atoms with E-state index >= 15 is 0 Å². The van der Waals surface area contributed by atoms with E-state index in [1.807, 2.05) is 0 Å². The average molecular weight is 296 g/mol. The number of β-amino-alcohol motifs (C(OH)–C–C–N with tert-alkyl or cyclic N) is 1. The Morgan fingerprint density at radius 2 is 1.95 bits per heavy atom. The van der Waals surface area contributed by atoms with Gasteiger partial charge in [0.1, 0.15) is 0 Å². The van der Waals surface area contributed by atoms with Crippen molar-refractivity contribution in [3.63, 3.8) is 0 Å². The maximum atomic E-state index is 10.00. The Labute approximate surface area is 129 Å². The van der Waals surface area contributed by atoms with Crippen LogP contribution in [0.4, 0.5) is 0 Å². The second-order valence-electron chi connectivity index (χ2n) is 6.10. The largest absolute Gasteiger partial charge is 0.390 e. The summed E-state index contributed by atoms with van der Waals surface area (Å²) in [5.41, 5.74) is 2.79. The first-order chi connectivity index (χ1) is 10.1. The van der Waals surface area contributed by atoms with Gasteiger partial charge in [-0.25, -0.2) is 0 Å². The molecule has 1 aliphatic heterocycles. The van der Waals surface area contributed by atoms with Crippen molar-refractivity contribution in [2.75, 3.05) is 45.9 Å². The molecule has 0 aromatic rings. The molecule has 0 amide bonds. The summed E-state index contributed by atoms with van der Waals surface area (Å²) in [6.45, 7) is 12.1. The second-order valence-corrected chi connectivity index (χ2v) is 6.10. The minimum atomic E-state index is -0.303. The van der Waals surface area contributed by atoms with Crippen molar-refractivity contribution in [2.45, 2.75) is 39.7 Å². The van der Waals surface area contributed by atoms with E-state index in [1.54, 1.807) is 0 Å². The molecule has 0 unspecified atom stereocenters. The van der Waals surface area contributed by atoms with Crippen molar-refractivity contribution in [3.8, 4) is 0 Å². The van der Waals surface area contributed by atoms with Crippen LogP contribution in [0.5, 0.6) is 0 Å². The molecule has 1 rings (SSSR count). The van der Waals surface area contributed by atoms with Crippen LogP contribution in [0.2, 0.25) is 0 Å². The molecular weight excluding hydrogens is 264 g/mol. The van der Waals surface area contributed by atoms with E-state index in [1.165, 1.54) is 11.1 Å². The summed E-state index contributed by atoms with van der Waals surface area (Å²) >= 11 is 0. The standard InChI is InChI=1S/C17H32N2O2/c1-15(2)5-4-6-16(3)7-8-18-13-17(20)14-19-9-11-21-12-10-19/h5,7,17-18,20H,4,6,8-14H2,1-3H3/b16-7-/t17-/m1/s1. The van der Waals surface area contributed by atoms with Crippen LogP contribution in [-0.2, 0) is 4.74 Å². The van der Waals surface area contributed by atoms with Gasteiger partial charge in [0.25, 0.3) is 0 Å². The summed E-state index contributed by atoms with van der Waals surface area (Å²) in [5, 5.41) is 13.3. The van der Waals surface area contributed by atoms with E-state index in [9.17, 15) is 5.11 Å². The fraction of sp³-hybridized carbons (Fsp3) is 0.765. The lowest BCUT2D eigenvalue weighted by atomic mass is 10.1. The fourth-order valence-corrected chi connectivity index (χ4v) is 2.33. The third kappa shape index (κ3) is 9.80. The van der Waals surface area contributed by atoms with Crippen LogP contribution in [0.15, 0.2) is 23.3 Å². The van der Waals surface area contributed by atoms with Gasteiger partial charge in [-0.3, -0.25) is 4.90 Å². The molecule has 1 atom stereocenters. The molecule has 2 N–H and O–H groups in total. The highest BCUT2D eigenvalue weighted by atomic mass is 16.5. The molecule has 1 aliphatic rings. The maximum absolute atomic E-state index is 10.00. The molecule has 0 radical (unpaired) electrons. The van der Waals surface area contributed by atoms with Crippen LogP contribution in [0.3, 0.4) is 0 Å². The number of rotatable bonds is 9. The Hall–Kier alpha value is -0.680. The number of hydrogen-bond acceptors (Lipinski definition) is 4. The molecule has 21 heavy (non-hydrogen) atoms. The first-order valence-electron chi connectivity index (χ1n) is 8.06. The lowest BCUT2D eigenvalue weighted by molar-refractivity contribution is 0.0151. The lowest BCUT2D eigenvalue weighted by Gasteiger charge is -2.28. The van der Waals surface area contributed by atoms with Crippen molar-refractivity contribution in [1.82, 2.24) is 10.2 Å². The summed E-state index contributed by atoms with van der Waals surface area (Å²) in [4.78, 5) is 2.26. The van der Waals surface area contributed by atoms with Crippen molar-refractivity contribution in [1.29, 1.82) is 0 Å². The zero-order chi connectivity index (χ0) is 15.5. The molecule has 0 aromatic heterocycles. The molecule has 0 saturated carbocycles. The fourth-order valence-electron chi connectivity index (χ4n) is 2.33. The van der Waals surface area contributed by atoms with Crippen LogP contribution in [-0.4, -0.2) is 62.0 Å². The number of morpholine rings is 1. The van der Waals surface area contributed by atoms with E-state index in [0.717, 1.165) is 52.2 Å². The number of hydrogen-bond donors (Lipinski definition) is 2. The summed E-state index contributed by atoms with van der Waals surface area (Å²) in [5.74, 6) is 0. The molecular formula is C17H32N2O2. The van der Waals surface area contributed by atoms with Crippen molar-refractivity contribution < 1.29 is 9.84 Å². The van der Waals surface area contributed by atoms with Crippen LogP contribution >= 0.6 is 0 Å². The topological polar surface area (TPSA) is 44.7 Å². The van der Waals surface area contributed by atoms with Gasteiger partial charge in [-0.1, -0.05) is 23.3 Å². The van der Waals surface area contributed by atoms with Gasteiger partial charge < -0.3 is 15.2 Å². The Bertz CT molecular complexity index is 330. The zero-order valence-corrected chi connectivity index (χ0v) is 13.9. The van der Waals surface area contributed by atoms with Crippen LogP contribution < -0.4 is 5.32 Å². The molecule has 1 heterocycles. The number of ether oxygens (including phenoxy) is 1. The predicted octanol–water partition coefficient (Wildman–Crippen LogP) is 1.96. The molecule has 0 aromatic carbocycles. The SMILES string of the molecule is CC(C)=CCC/C(C)=C\CNC[C@@H](O)CN1CCOCC1. The third-order valence-electron chi connectivity index (χ3n) is 3.64. The van der Waals surface area contributed by atoms with Gasteiger partial charge in [-0.05, 0) is 33.6 Å². The molecule has 4 heteroatoms. The number of nitrogens with one attached hydrogen (secondary N) is 1. The van der Waals surface area contributed by atoms with Gasteiger partial charge in [-0.15, -0.1) is 0 Å². The van der Waals surface area contributed by atoms with Crippen molar-refractivity contribution >= 4 is 0 Å². The van der Waals surface area contributed by atoms with E-state index < -0.39 is 0 Å². The minimum Gasteiger partial charge on any atom is -0.390 e. The molecule has 0 bridgehead atoms. The molecule has 0 aliphatic carbocycles. The van der Waals surface area contributed by atoms with Gasteiger partial charge in [0.15, 0.2) is 0 Å². The Morgan fingerprint density at radius 3 is 2.62 bits per heavy atom. The quantitative estimate of drug-likeness (QED) is 0.504. The maximum Gasteiger partial charge on any atom is 0.0791 e. The van der Waals surface area contributed by atoms with Gasteiger partial charge in [-0.2, -0.15) is 0 Å². The second kappa shape index (κ2) is 11.0. The molecule has 1 saturated heterocycles. The van der Waals surface area contributed by atoms with Gasteiger partial charge in [0.2, 0.25) is 0 Å². The monoisotopic (exact) mass is 296 g/mol. The molecule has 0 spiro atoms.